The highest BCUT2D eigenvalue weighted by molar-refractivity contribution is 6.27. The van der Waals surface area contributed by atoms with Gasteiger partial charge in [0, 0.05) is 12.1 Å². The molecule has 4 amide bonds. The minimum atomic E-state index is -1.83. The summed E-state index contributed by atoms with van der Waals surface area (Å²) in [7, 11) is 0. The molecule has 8 heteroatoms. The van der Waals surface area contributed by atoms with Crippen LogP contribution in [0.25, 0.3) is 0 Å². The van der Waals surface area contributed by atoms with Crippen molar-refractivity contribution in [1.29, 1.82) is 0 Å². The maximum Gasteiger partial charge on any atom is 0.325 e. The van der Waals surface area contributed by atoms with Gasteiger partial charge in [-0.1, -0.05) is 38.1 Å². The molecule has 2 aromatic rings. The number of urea groups is 1. The second-order valence-corrected chi connectivity index (χ2v) is 7.65. The molecule has 2 heterocycles. The summed E-state index contributed by atoms with van der Waals surface area (Å²) >= 11 is 0. The molecule has 6 nitrogen and oxygen atoms in total. The third kappa shape index (κ3) is 2.78. The van der Waals surface area contributed by atoms with Gasteiger partial charge in [-0.05, 0) is 29.7 Å². The first-order valence-corrected chi connectivity index (χ1v) is 9.25. The second-order valence-electron chi connectivity index (χ2n) is 7.65. The zero-order chi connectivity index (χ0) is 20.9. The number of anilines is 1. The van der Waals surface area contributed by atoms with Crippen LogP contribution in [0.5, 0.6) is 0 Å². The Morgan fingerprint density at radius 1 is 0.966 bits per heavy atom. The number of carbonyl (C=O) groups is 3. The fourth-order valence-corrected chi connectivity index (χ4v) is 3.87. The van der Waals surface area contributed by atoms with E-state index >= 15 is 0 Å². The van der Waals surface area contributed by atoms with Gasteiger partial charge in [-0.2, -0.15) is 0 Å². The van der Waals surface area contributed by atoms with E-state index in [1.54, 1.807) is 24.3 Å². The first-order chi connectivity index (χ1) is 13.8. The van der Waals surface area contributed by atoms with E-state index in [0.29, 0.717) is 16.8 Å². The van der Waals surface area contributed by atoms with E-state index in [1.165, 1.54) is 11.0 Å². The number of benzene rings is 2. The van der Waals surface area contributed by atoms with Crippen molar-refractivity contribution in [2.75, 3.05) is 11.4 Å². The molecule has 1 saturated heterocycles. The zero-order valence-electron chi connectivity index (χ0n) is 15.9. The lowest BCUT2D eigenvalue weighted by atomic mass is 9.91. The number of hydrogen-bond donors (Lipinski definition) is 1. The highest BCUT2D eigenvalue weighted by atomic mass is 19.2. The van der Waals surface area contributed by atoms with Gasteiger partial charge < -0.3 is 10.2 Å². The number of amides is 4. The van der Waals surface area contributed by atoms with Gasteiger partial charge in [-0.15, -0.1) is 0 Å². The Morgan fingerprint density at radius 3 is 2.34 bits per heavy atom. The summed E-state index contributed by atoms with van der Waals surface area (Å²) in [6.45, 7) is 3.85. The van der Waals surface area contributed by atoms with Crippen LogP contribution in [0.1, 0.15) is 25.0 Å². The smallest absolute Gasteiger partial charge is 0.311 e. The van der Waals surface area contributed by atoms with Gasteiger partial charge in [0.05, 0.1) is 12.2 Å². The van der Waals surface area contributed by atoms with E-state index in [1.807, 2.05) is 13.8 Å². The average Bonchev–Trinajstić information content (AvgIpc) is 3.06. The molecule has 1 atom stereocenters. The molecule has 2 aliphatic rings. The molecule has 1 fully saturated rings. The zero-order valence-corrected chi connectivity index (χ0v) is 15.9. The minimum absolute atomic E-state index is 0.0323. The minimum Gasteiger partial charge on any atom is -0.311 e. The van der Waals surface area contributed by atoms with Gasteiger partial charge in [0.1, 0.15) is 0 Å². The third-order valence-corrected chi connectivity index (χ3v) is 5.14. The maximum atomic E-state index is 13.6. The topological polar surface area (TPSA) is 69.7 Å². The van der Waals surface area contributed by atoms with Crippen LogP contribution in [0.2, 0.25) is 0 Å². The van der Waals surface area contributed by atoms with Crippen LogP contribution in [0.4, 0.5) is 19.3 Å². The molecule has 29 heavy (non-hydrogen) atoms. The first-order valence-electron chi connectivity index (χ1n) is 9.25. The monoisotopic (exact) mass is 399 g/mol. The van der Waals surface area contributed by atoms with Crippen molar-refractivity contribution in [3.05, 3.63) is 65.2 Å². The lowest BCUT2D eigenvalue weighted by Crippen LogP contribution is -2.52. The van der Waals surface area contributed by atoms with Gasteiger partial charge in [0.25, 0.3) is 11.8 Å². The SMILES string of the molecule is CC(C)CN1C(=O)NC2(C1=O)C(=O)N(Cc1ccc(F)c(F)c1)c1ccccc12. The van der Waals surface area contributed by atoms with E-state index in [-0.39, 0.29) is 19.0 Å². The standard InChI is InChI=1S/C21H19F2N3O3/c1-12(2)10-26-19(28)21(24-20(26)29)14-5-3-4-6-17(14)25(18(21)27)11-13-7-8-15(22)16(23)9-13/h3-9,12H,10-11H2,1-2H3,(H,24,29). The van der Waals surface area contributed by atoms with Crippen molar-refractivity contribution in [2.45, 2.75) is 25.9 Å². The van der Waals surface area contributed by atoms with Crippen LogP contribution in [0.3, 0.4) is 0 Å². The van der Waals surface area contributed by atoms with Crippen LogP contribution in [0, 0.1) is 17.6 Å². The summed E-state index contributed by atoms with van der Waals surface area (Å²) in [6.07, 6.45) is 0. The molecule has 1 unspecified atom stereocenters. The maximum absolute atomic E-state index is 13.6. The van der Waals surface area contributed by atoms with Crippen LogP contribution in [-0.2, 0) is 21.7 Å². The number of halogens is 2. The Hall–Kier alpha value is -3.29. The highest BCUT2D eigenvalue weighted by Crippen LogP contribution is 2.44. The predicted octanol–water partition coefficient (Wildman–Crippen LogP) is 2.91. The molecule has 2 aromatic carbocycles. The Morgan fingerprint density at radius 2 is 1.66 bits per heavy atom. The second kappa shape index (κ2) is 6.65. The average molecular weight is 399 g/mol. The summed E-state index contributed by atoms with van der Waals surface area (Å²) in [6, 6.07) is 9.41. The number of imide groups is 1. The van der Waals surface area contributed by atoms with Crippen molar-refractivity contribution in [2.24, 2.45) is 5.92 Å². The van der Waals surface area contributed by atoms with E-state index in [4.69, 9.17) is 0 Å². The number of hydrogen-bond acceptors (Lipinski definition) is 3. The summed E-state index contributed by atoms with van der Waals surface area (Å²) in [5.74, 6) is -3.22. The lowest BCUT2D eigenvalue weighted by molar-refractivity contribution is -0.138. The van der Waals surface area contributed by atoms with Crippen molar-refractivity contribution < 1.29 is 23.2 Å². The Balaban J connectivity index is 1.76. The van der Waals surface area contributed by atoms with E-state index < -0.39 is 35.0 Å². The van der Waals surface area contributed by atoms with Crippen molar-refractivity contribution >= 4 is 23.5 Å². The molecule has 150 valence electrons. The summed E-state index contributed by atoms with van der Waals surface area (Å²) in [4.78, 5) is 41.5. The molecule has 2 aliphatic heterocycles. The number of nitrogens with one attached hydrogen (secondary N) is 1. The quantitative estimate of drug-likeness (QED) is 0.635. The van der Waals surface area contributed by atoms with Gasteiger partial charge in [0.2, 0.25) is 5.54 Å². The number of rotatable bonds is 4. The molecule has 1 N–H and O–H groups in total. The Labute approximate surface area is 166 Å². The highest BCUT2D eigenvalue weighted by Gasteiger charge is 2.63. The van der Waals surface area contributed by atoms with E-state index in [2.05, 4.69) is 5.32 Å². The van der Waals surface area contributed by atoms with Crippen molar-refractivity contribution in [1.82, 2.24) is 10.2 Å². The normalized spacial score (nSPS) is 20.8. The largest absolute Gasteiger partial charge is 0.325 e. The molecular formula is C21H19F2N3O3. The number of para-hydroxylation sites is 1. The van der Waals surface area contributed by atoms with Gasteiger partial charge >= 0.3 is 6.03 Å². The van der Waals surface area contributed by atoms with Gasteiger partial charge in [-0.25, -0.2) is 13.6 Å². The fraction of sp³-hybridized carbons (Fsp3) is 0.286. The van der Waals surface area contributed by atoms with Gasteiger partial charge in [0.15, 0.2) is 11.6 Å². The number of nitrogens with zero attached hydrogens (tertiary/aromatic N) is 2. The number of carbonyl (C=O) groups excluding carboxylic acids is 3. The van der Waals surface area contributed by atoms with Crippen molar-refractivity contribution in [3.8, 4) is 0 Å². The van der Waals surface area contributed by atoms with E-state index in [9.17, 15) is 23.2 Å². The molecule has 0 aromatic heterocycles. The Kier molecular flexibility index (Phi) is 4.37. The molecule has 4 rings (SSSR count). The Bertz CT molecular complexity index is 1040. The van der Waals surface area contributed by atoms with Gasteiger partial charge in [-0.3, -0.25) is 14.5 Å². The number of fused-ring (bicyclic) bond motifs is 2. The summed E-state index contributed by atoms with van der Waals surface area (Å²) < 4.78 is 26.9. The molecular weight excluding hydrogens is 380 g/mol. The molecule has 0 saturated carbocycles. The predicted molar refractivity (Wildman–Crippen MR) is 101 cm³/mol. The van der Waals surface area contributed by atoms with Crippen LogP contribution < -0.4 is 10.2 Å². The molecule has 0 aliphatic carbocycles. The van der Waals surface area contributed by atoms with E-state index in [0.717, 1.165) is 17.0 Å². The first kappa shape index (κ1) is 19.0. The van der Waals surface area contributed by atoms with Crippen LogP contribution >= 0.6 is 0 Å². The third-order valence-electron chi connectivity index (χ3n) is 5.14. The fourth-order valence-electron chi connectivity index (χ4n) is 3.87. The van der Waals surface area contributed by atoms with Crippen LogP contribution in [-0.4, -0.2) is 29.3 Å². The lowest BCUT2D eigenvalue weighted by Gasteiger charge is -2.22. The van der Waals surface area contributed by atoms with Crippen LogP contribution in [0.15, 0.2) is 42.5 Å². The summed E-state index contributed by atoms with van der Waals surface area (Å²) in [5, 5.41) is 2.59. The summed E-state index contributed by atoms with van der Waals surface area (Å²) in [5.41, 5.74) is -0.652. The molecule has 0 bridgehead atoms. The van der Waals surface area contributed by atoms with Crippen molar-refractivity contribution in [3.63, 3.8) is 0 Å². The molecule has 0 radical (unpaired) electrons. The molecule has 1 spiro atoms.